The van der Waals surface area contributed by atoms with Crippen molar-refractivity contribution in [1.82, 2.24) is 0 Å². The molecular weight excluding hydrogens is 287 g/mol. The Kier molecular flexibility index (Phi) is 3.03. The van der Waals surface area contributed by atoms with E-state index >= 15 is 0 Å². The molecular formula is C16H11PS2. The minimum absolute atomic E-state index is 0.246. The molecule has 0 nitrogen and oxygen atoms in total. The largest absolute Gasteiger partial charge is 0.0812 e. The molecule has 0 radical (unpaired) electrons. The molecule has 0 fully saturated rings. The summed E-state index contributed by atoms with van der Waals surface area (Å²) in [5.41, 5.74) is 0. The van der Waals surface area contributed by atoms with Crippen molar-refractivity contribution in [2.75, 3.05) is 0 Å². The average Bonchev–Trinajstić information content (AvgIpc) is 2.49. The van der Waals surface area contributed by atoms with Crippen molar-refractivity contribution in [1.29, 1.82) is 0 Å². The summed E-state index contributed by atoms with van der Waals surface area (Å²) in [4.78, 5) is 2.86. The third kappa shape index (κ3) is 2.08. The van der Waals surface area contributed by atoms with E-state index in [1.54, 1.807) is 0 Å². The molecule has 0 saturated heterocycles. The van der Waals surface area contributed by atoms with Crippen LogP contribution in [-0.4, -0.2) is 0 Å². The first-order chi connectivity index (χ1) is 9.42. The van der Waals surface area contributed by atoms with Gasteiger partial charge in [-0.1, -0.05) is 77.4 Å². The van der Waals surface area contributed by atoms with Crippen molar-refractivity contribution in [3.05, 3.63) is 66.7 Å². The summed E-state index contributed by atoms with van der Waals surface area (Å²) in [6, 6.07) is 24.1. The minimum Gasteiger partial charge on any atom is -0.0812 e. The fourth-order valence-electron chi connectivity index (χ4n) is 2.28. The molecule has 0 saturated carbocycles. The Balaban J connectivity index is 1.85. The lowest BCUT2D eigenvalue weighted by Crippen LogP contribution is -1.97. The quantitative estimate of drug-likeness (QED) is 0.530. The fraction of sp³-hybridized carbons (Fsp3) is 0. The molecule has 0 aliphatic carbocycles. The molecule has 0 atom stereocenters. The molecule has 0 aromatic heterocycles. The summed E-state index contributed by atoms with van der Waals surface area (Å²) in [6.45, 7) is 0. The van der Waals surface area contributed by atoms with E-state index < -0.39 is 0 Å². The normalized spacial score (nSPS) is 14.7. The molecule has 1 aliphatic rings. The number of hydrogen-bond donors (Lipinski definition) is 0. The topological polar surface area (TPSA) is 0 Å². The van der Waals surface area contributed by atoms with Gasteiger partial charge in [0.15, 0.2) is 0 Å². The molecule has 4 rings (SSSR count). The first kappa shape index (κ1) is 11.8. The van der Waals surface area contributed by atoms with Gasteiger partial charge in [0.2, 0.25) is 0 Å². The maximum atomic E-state index is 2.26. The highest BCUT2D eigenvalue weighted by molar-refractivity contribution is 8.90. The van der Waals surface area contributed by atoms with Crippen molar-refractivity contribution in [3.63, 3.8) is 0 Å². The van der Waals surface area contributed by atoms with E-state index in [4.69, 9.17) is 0 Å². The van der Waals surface area contributed by atoms with E-state index in [1.165, 1.54) is 25.9 Å². The Morgan fingerprint density at radius 2 is 1.26 bits per heavy atom. The van der Waals surface area contributed by atoms with Crippen LogP contribution in [0, 0.1) is 0 Å². The molecule has 1 aliphatic heterocycles. The Bertz CT molecular complexity index is 699. The lowest BCUT2D eigenvalue weighted by molar-refractivity contribution is 1.46. The lowest BCUT2D eigenvalue weighted by Gasteiger charge is -2.24. The van der Waals surface area contributed by atoms with Crippen LogP contribution < -0.4 is 5.30 Å². The molecule has 3 heteroatoms. The number of hydrogen-bond acceptors (Lipinski definition) is 2. The van der Waals surface area contributed by atoms with Gasteiger partial charge in [-0.3, -0.25) is 0 Å². The third-order valence-electron chi connectivity index (χ3n) is 3.16. The molecule has 0 amide bonds. The highest BCUT2D eigenvalue weighted by atomic mass is 33.1. The van der Waals surface area contributed by atoms with Gasteiger partial charge in [0.1, 0.15) is 0 Å². The molecule has 0 unspecified atom stereocenters. The molecule has 19 heavy (non-hydrogen) atoms. The average molecular weight is 298 g/mol. The third-order valence-corrected chi connectivity index (χ3v) is 10.1. The van der Waals surface area contributed by atoms with Crippen LogP contribution in [0.15, 0.2) is 76.5 Å². The zero-order valence-corrected chi connectivity index (χ0v) is 12.6. The van der Waals surface area contributed by atoms with Crippen LogP contribution in [0.25, 0.3) is 10.8 Å². The second-order valence-corrected chi connectivity index (χ2v) is 10.6. The Hall–Kier alpha value is -0.950. The SMILES string of the molecule is c1ccc(P2Sc3cccc4cccc(c34)S2)cc1. The molecule has 3 aromatic rings. The second kappa shape index (κ2) is 4.86. The van der Waals surface area contributed by atoms with E-state index in [9.17, 15) is 0 Å². The summed E-state index contributed by atoms with van der Waals surface area (Å²) >= 11 is 4.06. The van der Waals surface area contributed by atoms with Crippen LogP contribution in [0.5, 0.6) is 0 Å². The summed E-state index contributed by atoms with van der Waals surface area (Å²) < 4.78 is 0. The summed E-state index contributed by atoms with van der Waals surface area (Å²) in [7, 11) is 0. The first-order valence-corrected chi connectivity index (χ1v) is 10.3. The van der Waals surface area contributed by atoms with E-state index in [2.05, 4.69) is 66.7 Å². The van der Waals surface area contributed by atoms with Crippen molar-refractivity contribution < 1.29 is 0 Å². The molecule has 1 heterocycles. The van der Waals surface area contributed by atoms with Crippen LogP contribution in [0.1, 0.15) is 0 Å². The maximum absolute atomic E-state index is 2.26. The van der Waals surface area contributed by atoms with Crippen LogP contribution in [0.4, 0.5) is 0 Å². The summed E-state index contributed by atoms with van der Waals surface area (Å²) in [6.07, 6.45) is -0.246. The smallest absolute Gasteiger partial charge is 0.0540 e. The summed E-state index contributed by atoms with van der Waals surface area (Å²) in [5, 5.41) is 4.26. The predicted molar refractivity (Wildman–Crippen MR) is 88.7 cm³/mol. The van der Waals surface area contributed by atoms with Crippen molar-refractivity contribution in [2.45, 2.75) is 9.79 Å². The van der Waals surface area contributed by atoms with E-state index in [-0.39, 0.29) is 6.33 Å². The lowest BCUT2D eigenvalue weighted by atomic mass is 10.1. The minimum atomic E-state index is -0.246. The second-order valence-electron chi connectivity index (χ2n) is 4.39. The van der Waals surface area contributed by atoms with E-state index in [0.717, 1.165) is 0 Å². The van der Waals surface area contributed by atoms with Crippen LogP contribution in [0.2, 0.25) is 0 Å². The van der Waals surface area contributed by atoms with Crippen molar-refractivity contribution in [3.8, 4) is 0 Å². The Morgan fingerprint density at radius 1 is 0.632 bits per heavy atom. The molecule has 3 aromatic carbocycles. The van der Waals surface area contributed by atoms with Crippen molar-refractivity contribution >= 4 is 45.2 Å². The van der Waals surface area contributed by atoms with Gasteiger partial charge in [-0.05, 0) is 22.8 Å². The van der Waals surface area contributed by atoms with E-state index in [0.29, 0.717) is 0 Å². The number of rotatable bonds is 1. The number of benzene rings is 3. The van der Waals surface area contributed by atoms with E-state index in [1.807, 2.05) is 22.8 Å². The van der Waals surface area contributed by atoms with Gasteiger partial charge in [0, 0.05) is 15.2 Å². The molecule has 92 valence electrons. The van der Waals surface area contributed by atoms with Gasteiger partial charge in [-0.25, -0.2) is 0 Å². The molecule has 0 N–H and O–H groups in total. The van der Waals surface area contributed by atoms with Crippen molar-refractivity contribution in [2.24, 2.45) is 0 Å². The molecule has 0 spiro atoms. The molecule has 0 bridgehead atoms. The van der Waals surface area contributed by atoms with Gasteiger partial charge < -0.3 is 0 Å². The summed E-state index contributed by atoms with van der Waals surface area (Å²) in [5.74, 6) is 0. The Morgan fingerprint density at radius 3 is 1.89 bits per heavy atom. The monoisotopic (exact) mass is 298 g/mol. The van der Waals surface area contributed by atoms with Crippen LogP contribution in [0.3, 0.4) is 0 Å². The van der Waals surface area contributed by atoms with Gasteiger partial charge in [-0.15, -0.1) is 0 Å². The zero-order valence-electron chi connectivity index (χ0n) is 10.1. The van der Waals surface area contributed by atoms with Gasteiger partial charge in [-0.2, -0.15) is 0 Å². The van der Waals surface area contributed by atoms with Crippen LogP contribution >= 0.6 is 29.1 Å². The van der Waals surface area contributed by atoms with Crippen LogP contribution in [-0.2, 0) is 0 Å². The van der Waals surface area contributed by atoms with Gasteiger partial charge >= 0.3 is 0 Å². The van der Waals surface area contributed by atoms with Gasteiger partial charge in [0.25, 0.3) is 0 Å². The standard InChI is InChI=1S/C16H11PS2/c1-2-8-13(9-3-1)17-18-14-10-4-6-12-7-5-11-15(19-17)16(12)14/h1-11H. The highest BCUT2D eigenvalue weighted by Gasteiger charge is 2.23. The zero-order chi connectivity index (χ0) is 12.7. The fourth-order valence-corrected chi connectivity index (χ4v) is 9.52. The Labute approximate surface area is 121 Å². The first-order valence-electron chi connectivity index (χ1n) is 6.15. The predicted octanol–water partition coefficient (Wildman–Crippen LogP) is 5.68. The van der Waals surface area contributed by atoms with Gasteiger partial charge in [0.05, 0.1) is 6.33 Å². The highest BCUT2D eigenvalue weighted by Crippen LogP contribution is 2.70. The maximum Gasteiger partial charge on any atom is 0.0540 e.